The van der Waals surface area contributed by atoms with Crippen molar-refractivity contribution in [2.75, 3.05) is 0 Å². The molecule has 0 bridgehead atoms. The third-order valence-electron chi connectivity index (χ3n) is 7.77. The van der Waals surface area contributed by atoms with E-state index >= 15 is 0 Å². The van der Waals surface area contributed by atoms with Gasteiger partial charge in [-0.3, -0.25) is 0 Å². The lowest BCUT2D eigenvalue weighted by Crippen LogP contribution is -2.38. The van der Waals surface area contributed by atoms with Gasteiger partial charge in [0.2, 0.25) is 0 Å². The van der Waals surface area contributed by atoms with Gasteiger partial charge in [-0.15, -0.1) is 6.58 Å². The lowest BCUT2D eigenvalue weighted by atomic mass is 9.78. The SMILES string of the molecule is C=CCCc1ccc(C2CCC(C(F)(F)OC3CCC(c4cc(F)c(F)c(F)c4)CC3)CC2)cc1. The zero-order chi connectivity index (χ0) is 25.0. The number of rotatable bonds is 8. The van der Waals surface area contributed by atoms with E-state index in [1.54, 1.807) is 0 Å². The minimum absolute atomic E-state index is 0.188. The minimum atomic E-state index is -3.19. The highest BCUT2D eigenvalue weighted by Gasteiger charge is 2.45. The van der Waals surface area contributed by atoms with Gasteiger partial charge >= 0.3 is 6.11 Å². The summed E-state index contributed by atoms with van der Waals surface area (Å²) in [6.07, 6.45) is 3.99. The molecule has 4 rings (SSSR count). The monoisotopic (exact) mass is 492 g/mol. The van der Waals surface area contributed by atoms with Crippen LogP contribution in [0.3, 0.4) is 0 Å². The van der Waals surface area contributed by atoms with Crippen LogP contribution in [0, 0.1) is 23.4 Å². The van der Waals surface area contributed by atoms with Crippen molar-refractivity contribution in [3.8, 4) is 0 Å². The first-order valence-corrected chi connectivity index (χ1v) is 12.7. The Bertz CT molecular complexity index is 964. The lowest BCUT2D eigenvalue weighted by Gasteiger charge is -2.37. The average Bonchev–Trinajstić information content (AvgIpc) is 2.86. The van der Waals surface area contributed by atoms with Crippen molar-refractivity contribution in [1.29, 1.82) is 0 Å². The van der Waals surface area contributed by atoms with Crippen LogP contribution < -0.4 is 0 Å². The Balaban J connectivity index is 1.26. The zero-order valence-electron chi connectivity index (χ0n) is 19.9. The molecule has 35 heavy (non-hydrogen) atoms. The van der Waals surface area contributed by atoms with Crippen molar-refractivity contribution in [2.24, 2.45) is 5.92 Å². The molecule has 0 spiro atoms. The van der Waals surface area contributed by atoms with E-state index in [9.17, 15) is 22.0 Å². The number of hydrogen-bond donors (Lipinski definition) is 0. The summed E-state index contributed by atoms with van der Waals surface area (Å²) in [7, 11) is 0. The normalized spacial score (nSPS) is 25.4. The van der Waals surface area contributed by atoms with Gasteiger partial charge in [-0.1, -0.05) is 30.3 Å². The third kappa shape index (κ3) is 6.32. The molecular weight excluding hydrogens is 459 g/mol. The van der Waals surface area contributed by atoms with Crippen LogP contribution in [0.2, 0.25) is 0 Å². The van der Waals surface area contributed by atoms with Crippen molar-refractivity contribution in [3.63, 3.8) is 0 Å². The zero-order valence-corrected chi connectivity index (χ0v) is 19.9. The molecule has 2 aromatic carbocycles. The smallest absolute Gasteiger partial charge is 0.317 e. The number of hydrogen-bond acceptors (Lipinski definition) is 1. The maximum absolute atomic E-state index is 15.0. The van der Waals surface area contributed by atoms with Gasteiger partial charge in [-0.25, -0.2) is 13.2 Å². The molecule has 0 aliphatic heterocycles. The number of allylic oxidation sites excluding steroid dienone is 1. The summed E-state index contributed by atoms with van der Waals surface area (Å²) in [6, 6.07) is 10.5. The molecule has 0 amide bonds. The van der Waals surface area contributed by atoms with Gasteiger partial charge in [0.25, 0.3) is 0 Å². The van der Waals surface area contributed by atoms with E-state index in [1.165, 1.54) is 11.1 Å². The Morgan fingerprint density at radius 1 is 0.800 bits per heavy atom. The standard InChI is InChI=1S/C29H33F5O/c1-2-3-4-19-5-7-20(8-6-19)21-9-13-24(14-10-21)29(33,34)35-25-15-11-22(12-16-25)23-17-26(30)28(32)27(31)18-23/h2,5-8,17-18,21-22,24-25H,1,3-4,9-16H2. The Morgan fingerprint density at radius 3 is 1.91 bits per heavy atom. The van der Waals surface area contributed by atoms with Crippen molar-refractivity contribution in [2.45, 2.75) is 88.3 Å². The maximum Gasteiger partial charge on any atom is 0.358 e. The van der Waals surface area contributed by atoms with Crippen molar-refractivity contribution >= 4 is 0 Å². The van der Waals surface area contributed by atoms with E-state index < -0.39 is 35.6 Å². The number of alkyl halides is 2. The van der Waals surface area contributed by atoms with E-state index in [1.807, 2.05) is 6.08 Å². The van der Waals surface area contributed by atoms with Crippen LogP contribution in [-0.4, -0.2) is 12.2 Å². The van der Waals surface area contributed by atoms with Crippen LogP contribution >= 0.6 is 0 Å². The van der Waals surface area contributed by atoms with Crippen molar-refractivity contribution in [3.05, 3.63) is 83.2 Å². The van der Waals surface area contributed by atoms with Gasteiger partial charge in [0, 0.05) is 0 Å². The van der Waals surface area contributed by atoms with Crippen molar-refractivity contribution in [1.82, 2.24) is 0 Å². The van der Waals surface area contributed by atoms with Gasteiger partial charge in [-0.2, -0.15) is 8.78 Å². The second-order valence-corrected chi connectivity index (χ2v) is 10.1. The van der Waals surface area contributed by atoms with Gasteiger partial charge in [-0.05, 0) is 105 Å². The lowest BCUT2D eigenvalue weighted by molar-refractivity contribution is -0.300. The molecule has 0 radical (unpaired) electrons. The fourth-order valence-electron chi connectivity index (χ4n) is 5.63. The first-order chi connectivity index (χ1) is 16.8. The highest BCUT2D eigenvalue weighted by Crippen LogP contribution is 2.45. The van der Waals surface area contributed by atoms with Crippen LogP contribution in [0.1, 0.15) is 86.3 Å². The molecule has 0 saturated heterocycles. The fraction of sp³-hybridized carbons (Fsp3) is 0.517. The van der Waals surface area contributed by atoms with Crippen LogP contribution in [0.4, 0.5) is 22.0 Å². The molecule has 0 N–H and O–H groups in total. The molecule has 190 valence electrons. The van der Waals surface area contributed by atoms with Gasteiger partial charge in [0.05, 0.1) is 12.0 Å². The average molecular weight is 493 g/mol. The van der Waals surface area contributed by atoms with E-state index in [0.717, 1.165) is 25.0 Å². The number of benzene rings is 2. The summed E-state index contributed by atoms with van der Waals surface area (Å²) < 4.78 is 75.6. The molecule has 2 saturated carbocycles. The Morgan fingerprint density at radius 2 is 1.34 bits per heavy atom. The molecular formula is C29H33F5O. The summed E-state index contributed by atoms with van der Waals surface area (Å²) in [5, 5.41) is 0. The minimum Gasteiger partial charge on any atom is -0.317 e. The first kappa shape index (κ1) is 25.9. The highest BCUT2D eigenvalue weighted by molar-refractivity contribution is 5.26. The van der Waals surface area contributed by atoms with Crippen LogP contribution in [0.25, 0.3) is 0 Å². The molecule has 2 aliphatic rings. The number of ether oxygens (including phenoxy) is 1. The second-order valence-electron chi connectivity index (χ2n) is 10.1. The van der Waals surface area contributed by atoms with E-state index in [0.29, 0.717) is 62.8 Å². The Kier molecular flexibility index (Phi) is 8.31. The van der Waals surface area contributed by atoms with Gasteiger partial charge in [0.1, 0.15) is 0 Å². The topological polar surface area (TPSA) is 9.23 Å². The van der Waals surface area contributed by atoms with E-state index in [-0.39, 0.29) is 5.92 Å². The Labute approximate surface area is 204 Å². The summed E-state index contributed by atoms with van der Waals surface area (Å²) >= 11 is 0. The summed E-state index contributed by atoms with van der Waals surface area (Å²) in [4.78, 5) is 0. The molecule has 2 aromatic rings. The predicted octanol–water partition coefficient (Wildman–Crippen LogP) is 8.83. The molecule has 0 atom stereocenters. The van der Waals surface area contributed by atoms with E-state index in [4.69, 9.17) is 4.74 Å². The number of aryl methyl sites for hydroxylation is 1. The Hall–Kier alpha value is -2.21. The molecule has 6 heteroatoms. The third-order valence-corrected chi connectivity index (χ3v) is 7.77. The van der Waals surface area contributed by atoms with E-state index in [2.05, 4.69) is 30.8 Å². The highest BCUT2D eigenvalue weighted by atomic mass is 19.3. The number of halogens is 5. The predicted molar refractivity (Wildman–Crippen MR) is 127 cm³/mol. The maximum atomic E-state index is 15.0. The summed E-state index contributed by atoms with van der Waals surface area (Å²) in [5.74, 6) is -4.62. The fourth-order valence-corrected chi connectivity index (χ4v) is 5.63. The summed E-state index contributed by atoms with van der Waals surface area (Å²) in [6.45, 7) is 3.75. The molecule has 0 heterocycles. The molecule has 2 aliphatic carbocycles. The summed E-state index contributed by atoms with van der Waals surface area (Å²) in [5.41, 5.74) is 2.84. The molecule has 0 unspecified atom stereocenters. The van der Waals surface area contributed by atoms with Crippen LogP contribution in [0.15, 0.2) is 49.1 Å². The molecule has 2 fully saturated rings. The largest absolute Gasteiger partial charge is 0.358 e. The van der Waals surface area contributed by atoms with Gasteiger partial charge in [0.15, 0.2) is 17.5 Å². The van der Waals surface area contributed by atoms with Crippen LogP contribution in [0.5, 0.6) is 0 Å². The van der Waals surface area contributed by atoms with Crippen LogP contribution in [-0.2, 0) is 11.2 Å². The second kappa shape index (κ2) is 11.2. The van der Waals surface area contributed by atoms with Crippen molar-refractivity contribution < 1.29 is 26.7 Å². The van der Waals surface area contributed by atoms with Gasteiger partial charge < -0.3 is 4.74 Å². The molecule has 0 aromatic heterocycles. The molecule has 1 nitrogen and oxygen atoms in total. The quantitative estimate of drug-likeness (QED) is 0.203. The first-order valence-electron chi connectivity index (χ1n) is 12.7.